The summed E-state index contributed by atoms with van der Waals surface area (Å²) in [5.74, 6) is 0.729. The van der Waals surface area contributed by atoms with Gasteiger partial charge in [0.05, 0.1) is 0 Å². The van der Waals surface area contributed by atoms with Crippen molar-refractivity contribution in [2.75, 3.05) is 0 Å². The van der Waals surface area contributed by atoms with Crippen LogP contribution >= 0.6 is 23.4 Å². The number of aryl methyl sites for hydroxylation is 1. The third kappa shape index (κ3) is 3.61. The van der Waals surface area contributed by atoms with Gasteiger partial charge >= 0.3 is 0 Å². The Hall–Kier alpha value is -1.26. The first kappa shape index (κ1) is 12.2. The van der Waals surface area contributed by atoms with Crippen molar-refractivity contribution in [2.45, 2.75) is 17.8 Å². The minimum Gasteiger partial charge on any atom is -0.301 e. The van der Waals surface area contributed by atoms with Gasteiger partial charge in [0.2, 0.25) is 0 Å². The topological polar surface area (TPSA) is 45.8 Å². The summed E-state index contributed by atoms with van der Waals surface area (Å²) >= 11 is 7.38. The van der Waals surface area contributed by atoms with Gasteiger partial charge in [0.1, 0.15) is 0 Å². The molecule has 0 bridgehead atoms. The van der Waals surface area contributed by atoms with E-state index < -0.39 is 0 Å². The number of halogens is 1. The quantitative estimate of drug-likeness (QED) is 0.686. The molecule has 1 aromatic carbocycles. The molecule has 2 aromatic rings. The number of hydrogen-bond donors (Lipinski definition) is 1. The highest BCUT2D eigenvalue weighted by atomic mass is 35.5. The van der Waals surface area contributed by atoms with Crippen LogP contribution in [0.5, 0.6) is 0 Å². The standard InChI is InChI=1S/C12H11ClN2OS/c1-8-5-11(16)15-12(14-8)17-7-9-3-2-4-10(13)6-9/h2-6H,7H2,1H3,(H,14,15,16). The molecule has 88 valence electrons. The van der Waals surface area contributed by atoms with Crippen molar-refractivity contribution in [3.05, 3.63) is 57.0 Å². The van der Waals surface area contributed by atoms with Gasteiger partial charge in [0, 0.05) is 22.5 Å². The Labute approximate surface area is 108 Å². The monoisotopic (exact) mass is 266 g/mol. The lowest BCUT2D eigenvalue weighted by Gasteiger charge is -2.02. The summed E-state index contributed by atoms with van der Waals surface area (Å²) in [6.07, 6.45) is 0. The number of thioether (sulfide) groups is 1. The van der Waals surface area contributed by atoms with Crippen LogP contribution in [0.4, 0.5) is 0 Å². The van der Waals surface area contributed by atoms with E-state index in [1.807, 2.05) is 24.3 Å². The Bertz CT molecular complexity index is 583. The predicted molar refractivity (Wildman–Crippen MR) is 70.6 cm³/mol. The zero-order valence-electron chi connectivity index (χ0n) is 9.24. The fraction of sp³-hybridized carbons (Fsp3) is 0.167. The summed E-state index contributed by atoms with van der Waals surface area (Å²) in [4.78, 5) is 18.2. The number of aromatic amines is 1. The highest BCUT2D eigenvalue weighted by Crippen LogP contribution is 2.20. The summed E-state index contributed by atoms with van der Waals surface area (Å²) in [5, 5.41) is 1.35. The van der Waals surface area contributed by atoms with Crippen molar-refractivity contribution in [2.24, 2.45) is 0 Å². The average molecular weight is 267 g/mol. The Morgan fingerprint density at radius 1 is 1.41 bits per heavy atom. The maximum Gasteiger partial charge on any atom is 0.251 e. The maximum absolute atomic E-state index is 11.2. The van der Waals surface area contributed by atoms with Crippen LogP contribution in [0.2, 0.25) is 5.02 Å². The van der Waals surface area contributed by atoms with E-state index in [2.05, 4.69) is 9.97 Å². The zero-order chi connectivity index (χ0) is 12.3. The summed E-state index contributed by atoms with van der Waals surface area (Å²) < 4.78 is 0. The minimum atomic E-state index is -0.119. The maximum atomic E-state index is 11.2. The molecule has 0 atom stereocenters. The molecule has 0 aliphatic rings. The molecule has 0 fully saturated rings. The van der Waals surface area contributed by atoms with E-state index in [4.69, 9.17) is 11.6 Å². The largest absolute Gasteiger partial charge is 0.301 e. The van der Waals surface area contributed by atoms with Crippen molar-refractivity contribution in [3.8, 4) is 0 Å². The molecule has 0 saturated carbocycles. The van der Waals surface area contributed by atoms with Crippen LogP contribution in [0.25, 0.3) is 0 Å². The van der Waals surface area contributed by atoms with Gasteiger partial charge < -0.3 is 4.98 Å². The van der Waals surface area contributed by atoms with Gasteiger partial charge in [0.15, 0.2) is 5.16 Å². The van der Waals surface area contributed by atoms with E-state index >= 15 is 0 Å². The van der Waals surface area contributed by atoms with E-state index in [0.717, 1.165) is 17.0 Å². The normalized spacial score (nSPS) is 10.5. The summed E-state index contributed by atoms with van der Waals surface area (Å²) in [6, 6.07) is 9.12. The van der Waals surface area contributed by atoms with E-state index in [1.54, 1.807) is 6.92 Å². The van der Waals surface area contributed by atoms with Gasteiger partial charge in [-0.25, -0.2) is 4.98 Å². The molecular formula is C12H11ClN2OS. The van der Waals surface area contributed by atoms with Crippen LogP contribution in [0.15, 0.2) is 40.3 Å². The summed E-state index contributed by atoms with van der Waals surface area (Å²) in [7, 11) is 0. The van der Waals surface area contributed by atoms with Crippen LogP contribution in [-0.4, -0.2) is 9.97 Å². The lowest BCUT2D eigenvalue weighted by molar-refractivity contribution is 0.905. The van der Waals surface area contributed by atoms with Gasteiger partial charge in [-0.3, -0.25) is 4.79 Å². The molecule has 2 rings (SSSR count). The Morgan fingerprint density at radius 2 is 2.24 bits per heavy atom. The van der Waals surface area contributed by atoms with Crippen molar-refractivity contribution >= 4 is 23.4 Å². The fourth-order valence-corrected chi connectivity index (χ4v) is 2.48. The first-order valence-corrected chi connectivity index (χ1v) is 6.45. The molecule has 5 heteroatoms. The lowest BCUT2D eigenvalue weighted by Crippen LogP contribution is -2.07. The highest BCUT2D eigenvalue weighted by Gasteiger charge is 2.00. The molecule has 0 aliphatic heterocycles. The summed E-state index contributed by atoms with van der Waals surface area (Å²) in [5.41, 5.74) is 1.71. The molecule has 1 aromatic heterocycles. The number of benzene rings is 1. The number of nitrogens with zero attached hydrogens (tertiary/aromatic N) is 1. The van der Waals surface area contributed by atoms with Crippen LogP contribution < -0.4 is 5.56 Å². The Balaban J connectivity index is 2.09. The smallest absolute Gasteiger partial charge is 0.251 e. The number of aromatic nitrogens is 2. The molecule has 0 radical (unpaired) electrons. The van der Waals surface area contributed by atoms with Gasteiger partial charge in [-0.15, -0.1) is 0 Å². The Kier molecular flexibility index (Phi) is 3.86. The molecule has 1 heterocycles. The molecule has 0 amide bonds. The average Bonchev–Trinajstić information content (AvgIpc) is 2.25. The molecule has 17 heavy (non-hydrogen) atoms. The van der Waals surface area contributed by atoms with Gasteiger partial charge in [-0.2, -0.15) is 0 Å². The van der Waals surface area contributed by atoms with Crippen molar-refractivity contribution in [1.29, 1.82) is 0 Å². The highest BCUT2D eigenvalue weighted by molar-refractivity contribution is 7.98. The third-order valence-corrected chi connectivity index (χ3v) is 3.29. The molecular weight excluding hydrogens is 256 g/mol. The predicted octanol–water partition coefficient (Wildman–Crippen LogP) is 3.02. The second kappa shape index (κ2) is 5.38. The van der Waals surface area contributed by atoms with Crippen LogP contribution in [0, 0.1) is 6.92 Å². The second-order valence-corrected chi connectivity index (χ2v) is 5.01. The number of rotatable bonds is 3. The van der Waals surface area contributed by atoms with Gasteiger partial charge in [0.25, 0.3) is 5.56 Å². The molecule has 3 nitrogen and oxygen atoms in total. The second-order valence-electron chi connectivity index (χ2n) is 3.61. The first-order chi connectivity index (χ1) is 8.13. The van der Waals surface area contributed by atoms with Gasteiger partial charge in [-0.05, 0) is 24.6 Å². The molecule has 0 aliphatic carbocycles. The fourth-order valence-electron chi connectivity index (χ4n) is 1.40. The number of hydrogen-bond acceptors (Lipinski definition) is 3. The summed E-state index contributed by atoms with van der Waals surface area (Å²) in [6.45, 7) is 1.80. The molecule has 0 spiro atoms. The number of nitrogens with one attached hydrogen (secondary N) is 1. The van der Waals surface area contributed by atoms with E-state index in [0.29, 0.717) is 10.2 Å². The van der Waals surface area contributed by atoms with E-state index in [1.165, 1.54) is 17.8 Å². The number of H-pyrrole nitrogens is 1. The van der Waals surface area contributed by atoms with Crippen LogP contribution in [-0.2, 0) is 5.75 Å². The molecule has 0 unspecified atom stereocenters. The lowest BCUT2D eigenvalue weighted by atomic mass is 10.2. The van der Waals surface area contributed by atoms with Crippen LogP contribution in [0.1, 0.15) is 11.3 Å². The van der Waals surface area contributed by atoms with E-state index in [9.17, 15) is 4.79 Å². The van der Waals surface area contributed by atoms with Crippen molar-refractivity contribution in [3.63, 3.8) is 0 Å². The van der Waals surface area contributed by atoms with E-state index in [-0.39, 0.29) is 5.56 Å². The van der Waals surface area contributed by atoms with Crippen LogP contribution in [0.3, 0.4) is 0 Å². The third-order valence-electron chi connectivity index (χ3n) is 2.11. The molecule has 0 saturated heterocycles. The minimum absolute atomic E-state index is 0.119. The zero-order valence-corrected chi connectivity index (χ0v) is 10.8. The SMILES string of the molecule is Cc1cc(=O)[nH]c(SCc2cccc(Cl)c2)n1. The molecule has 1 N–H and O–H groups in total. The first-order valence-electron chi connectivity index (χ1n) is 5.09. The van der Waals surface area contributed by atoms with Crippen molar-refractivity contribution < 1.29 is 0 Å². The van der Waals surface area contributed by atoms with Crippen molar-refractivity contribution in [1.82, 2.24) is 9.97 Å². The Morgan fingerprint density at radius 3 is 2.94 bits per heavy atom. The van der Waals surface area contributed by atoms with Gasteiger partial charge in [-0.1, -0.05) is 35.5 Å².